The van der Waals surface area contributed by atoms with Crippen LogP contribution in [0, 0.1) is 11.6 Å². The monoisotopic (exact) mass is 251 g/mol. The smallest absolute Gasteiger partial charge is 0.269 e. The molecule has 0 saturated heterocycles. The Morgan fingerprint density at radius 1 is 1.39 bits per heavy atom. The third kappa shape index (κ3) is 2.37. The molecule has 0 amide bonds. The van der Waals surface area contributed by atoms with Crippen LogP contribution in [0.2, 0.25) is 0 Å². The maximum atomic E-state index is 13.4. The van der Waals surface area contributed by atoms with Crippen molar-refractivity contribution in [2.24, 2.45) is 0 Å². The first-order valence-corrected chi connectivity index (χ1v) is 5.29. The molecule has 6 heteroatoms. The number of nitrogens with one attached hydrogen (secondary N) is 1. The van der Waals surface area contributed by atoms with Gasteiger partial charge in [-0.2, -0.15) is 5.10 Å². The first kappa shape index (κ1) is 12.2. The molecule has 1 heterocycles. The normalized spacial score (nSPS) is 10.4. The number of hydrogen-bond acceptors (Lipinski definition) is 3. The minimum Gasteiger partial charge on any atom is -0.387 e. The maximum Gasteiger partial charge on any atom is 0.269 e. The third-order valence-corrected chi connectivity index (χ3v) is 2.51. The van der Waals surface area contributed by atoms with E-state index in [9.17, 15) is 13.6 Å². The van der Waals surface area contributed by atoms with Crippen molar-refractivity contribution in [1.82, 2.24) is 9.78 Å². The molecule has 2 aromatic rings. The quantitative estimate of drug-likeness (QED) is 0.901. The second-order valence-electron chi connectivity index (χ2n) is 3.70. The van der Waals surface area contributed by atoms with Gasteiger partial charge in [-0.15, -0.1) is 0 Å². The first-order chi connectivity index (χ1) is 8.61. The van der Waals surface area contributed by atoms with E-state index in [0.29, 0.717) is 5.69 Å². The average Bonchev–Trinajstić information content (AvgIpc) is 2.37. The second-order valence-corrected chi connectivity index (χ2v) is 3.70. The number of benzene rings is 1. The van der Waals surface area contributed by atoms with Gasteiger partial charge in [-0.1, -0.05) is 12.1 Å². The zero-order chi connectivity index (χ0) is 13.1. The van der Waals surface area contributed by atoms with Crippen molar-refractivity contribution in [2.45, 2.75) is 6.54 Å². The largest absolute Gasteiger partial charge is 0.387 e. The van der Waals surface area contributed by atoms with Crippen LogP contribution < -0.4 is 10.9 Å². The van der Waals surface area contributed by atoms with Gasteiger partial charge < -0.3 is 5.32 Å². The molecule has 1 aromatic heterocycles. The molecule has 0 aliphatic carbocycles. The molecule has 1 aromatic carbocycles. The van der Waals surface area contributed by atoms with E-state index >= 15 is 0 Å². The van der Waals surface area contributed by atoms with Gasteiger partial charge in [0.25, 0.3) is 5.56 Å². The Morgan fingerprint density at radius 3 is 2.83 bits per heavy atom. The molecule has 1 N–H and O–H groups in total. The summed E-state index contributed by atoms with van der Waals surface area (Å²) >= 11 is 0. The van der Waals surface area contributed by atoms with E-state index in [-0.39, 0.29) is 17.7 Å². The van der Waals surface area contributed by atoms with E-state index in [1.807, 2.05) is 0 Å². The molecule has 0 aliphatic rings. The highest BCUT2D eigenvalue weighted by Gasteiger charge is 2.09. The Labute approximate surface area is 102 Å². The van der Waals surface area contributed by atoms with E-state index in [4.69, 9.17) is 0 Å². The number of nitrogens with zero attached hydrogens (tertiary/aromatic N) is 2. The van der Waals surface area contributed by atoms with Gasteiger partial charge in [0.15, 0.2) is 11.6 Å². The summed E-state index contributed by atoms with van der Waals surface area (Å²) in [5.41, 5.74) is 0.267. The van der Waals surface area contributed by atoms with Crippen LogP contribution in [0.4, 0.5) is 14.5 Å². The lowest BCUT2D eigenvalue weighted by atomic mass is 10.2. The summed E-state index contributed by atoms with van der Waals surface area (Å²) in [5, 5.41) is 6.64. The standard InChI is InChI=1S/C12H11F2N3O/c1-15-9-5-11(18)17(16-6-9)7-8-3-2-4-10(13)12(8)14/h2-6,15H,7H2,1H3. The Hall–Kier alpha value is -2.24. The SMILES string of the molecule is CNc1cnn(Cc2cccc(F)c2F)c(=O)c1. The van der Waals surface area contributed by atoms with Gasteiger partial charge >= 0.3 is 0 Å². The lowest BCUT2D eigenvalue weighted by Crippen LogP contribution is -2.23. The number of anilines is 1. The highest BCUT2D eigenvalue weighted by atomic mass is 19.2. The molecular weight excluding hydrogens is 240 g/mol. The molecule has 0 bridgehead atoms. The molecule has 18 heavy (non-hydrogen) atoms. The van der Waals surface area contributed by atoms with E-state index in [1.165, 1.54) is 24.4 Å². The minimum absolute atomic E-state index is 0.0850. The van der Waals surface area contributed by atoms with E-state index in [2.05, 4.69) is 10.4 Å². The molecule has 0 spiro atoms. The molecular formula is C12H11F2N3O. The van der Waals surface area contributed by atoms with Crippen molar-refractivity contribution in [1.29, 1.82) is 0 Å². The number of aromatic nitrogens is 2. The van der Waals surface area contributed by atoms with Gasteiger partial charge in [-0.25, -0.2) is 13.5 Å². The Bertz CT molecular complexity index is 625. The fraction of sp³-hybridized carbons (Fsp3) is 0.167. The summed E-state index contributed by atoms with van der Waals surface area (Å²) in [7, 11) is 1.66. The summed E-state index contributed by atoms with van der Waals surface area (Å²) in [6.45, 7) is -0.105. The predicted octanol–water partition coefficient (Wildman–Crippen LogP) is 1.61. The fourth-order valence-electron chi connectivity index (χ4n) is 1.52. The van der Waals surface area contributed by atoms with Gasteiger partial charge in [-0.3, -0.25) is 4.79 Å². The van der Waals surface area contributed by atoms with Crippen LogP contribution >= 0.6 is 0 Å². The topological polar surface area (TPSA) is 46.9 Å². The Balaban J connectivity index is 2.35. The van der Waals surface area contributed by atoms with Gasteiger partial charge in [-0.05, 0) is 6.07 Å². The Morgan fingerprint density at radius 2 is 2.17 bits per heavy atom. The molecule has 0 aliphatic heterocycles. The van der Waals surface area contributed by atoms with Crippen molar-refractivity contribution >= 4 is 5.69 Å². The van der Waals surface area contributed by atoms with Gasteiger partial charge in [0.05, 0.1) is 18.4 Å². The van der Waals surface area contributed by atoms with Crippen molar-refractivity contribution in [3.63, 3.8) is 0 Å². The van der Waals surface area contributed by atoms with Crippen LogP contribution in [0.3, 0.4) is 0 Å². The zero-order valence-electron chi connectivity index (χ0n) is 9.65. The third-order valence-electron chi connectivity index (χ3n) is 2.51. The van der Waals surface area contributed by atoms with E-state index in [0.717, 1.165) is 10.7 Å². The molecule has 2 rings (SSSR count). The van der Waals surface area contributed by atoms with Crippen LogP contribution in [-0.4, -0.2) is 16.8 Å². The Kier molecular flexibility index (Phi) is 3.36. The summed E-state index contributed by atoms with van der Waals surface area (Å²) in [6, 6.07) is 5.17. The molecule has 0 saturated carbocycles. The van der Waals surface area contributed by atoms with Crippen molar-refractivity contribution in [2.75, 3.05) is 12.4 Å². The number of rotatable bonds is 3. The summed E-state index contributed by atoms with van der Waals surface area (Å²) in [4.78, 5) is 11.6. The summed E-state index contributed by atoms with van der Waals surface area (Å²) in [6.07, 6.45) is 1.44. The van der Waals surface area contributed by atoms with Gasteiger partial charge in [0.1, 0.15) is 0 Å². The molecule has 0 unspecified atom stereocenters. The number of halogens is 2. The summed E-state index contributed by atoms with van der Waals surface area (Å²) < 4.78 is 27.5. The highest BCUT2D eigenvalue weighted by Crippen LogP contribution is 2.11. The fourth-order valence-corrected chi connectivity index (χ4v) is 1.52. The lowest BCUT2D eigenvalue weighted by molar-refractivity contribution is 0.489. The zero-order valence-corrected chi connectivity index (χ0v) is 9.65. The van der Waals surface area contributed by atoms with Crippen LogP contribution in [0.5, 0.6) is 0 Å². The van der Waals surface area contributed by atoms with Crippen molar-refractivity contribution < 1.29 is 8.78 Å². The van der Waals surface area contributed by atoms with Gasteiger partial charge in [0, 0.05) is 18.7 Å². The van der Waals surface area contributed by atoms with Crippen molar-refractivity contribution in [3.8, 4) is 0 Å². The average molecular weight is 251 g/mol. The lowest BCUT2D eigenvalue weighted by Gasteiger charge is -2.07. The molecule has 0 atom stereocenters. The second kappa shape index (κ2) is 4.95. The predicted molar refractivity (Wildman–Crippen MR) is 63.5 cm³/mol. The summed E-state index contributed by atoms with van der Waals surface area (Å²) in [5.74, 6) is -1.89. The van der Waals surface area contributed by atoms with E-state index < -0.39 is 11.6 Å². The van der Waals surface area contributed by atoms with Crippen molar-refractivity contribution in [3.05, 3.63) is 58.0 Å². The van der Waals surface area contributed by atoms with Crippen LogP contribution in [0.25, 0.3) is 0 Å². The minimum atomic E-state index is -0.955. The molecule has 0 radical (unpaired) electrons. The number of hydrogen-bond donors (Lipinski definition) is 1. The van der Waals surface area contributed by atoms with Crippen LogP contribution in [-0.2, 0) is 6.54 Å². The maximum absolute atomic E-state index is 13.4. The highest BCUT2D eigenvalue weighted by molar-refractivity contribution is 5.37. The van der Waals surface area contributed by atoms with Gasteiger partial charge in [0.2, 0.25) is 0 Å². The van der Waals surface area contributed by atoms with Crippen LogP contribution in [0.1, 0.15) is 5.56 Å². The molecule has 4 nitrogen and oxygen atoms in total. The van der Waals surface area contributed by atoms with Crippen LogP contribution in [0.15, 0.2) is 35.3 Å². The first-order valence-electron chi connectivity index (χ1n) is 5.29. The molecule has 94 valence electrons. The van der Waals surface area contributed by atoms with E-state index in [1.54, 1.807) is 7.05 Å². The molecule has 0 fully saturated rings.